The van der Waals surface area contributed by atoms with E-state index in [1.807, 2.05) is 6.07 Å². The van der Waals surface area contributed by atoms with Crippen molar-refractivity contribution in [2.24, 2.45) is 0 Å². The number of esters is 1. The number of carbonyl (C=O) groups excluding carboxylic acids is 3. The van der Waals surface area contributed by atoms with Gasteiger partial charge in [0, 0.05) is 19.7 Å². The van der Waals surface area contributed by atoms with Crippen LogP contribution < -0.4 is 15.0 Å². The first-order valence-corrected chi connectivity index (χ1v) is 8.45. The predicted molar refractivity (Wildman–Crippen MR) is 102 cm³/mol. The fourth-order valence-electron chi connectivity index (χ4n) is 2.36. The summed E-state index contributed by atoms with van der Waals surface area (Å²) in [4.78, 5) is 37.4. The van der Waals surface area contributed by atoms with Crippen molar-refractivity contribution in [2.45, 2.75) is 13.8 Å². The number of anilines is 2. The van der Waals surface area contributed by atoms with Gasteiger partial charge in [-0.1, -0.05) is 18.2 Å². The number of hydrogen-bond acceptors (Lipinski definition) is 5. The first-order valence-electron chi connectivity index (χ1n) is 8.45. The van der Waals surface area contributed by atoms with Crippen molar-refractivity contribution < 1.29 is 23.9 Å². The Hall–Kier alpha value is -3.35. The Balaban J connectivity index is 2.24. The Morgan fingerprint density at radius 3 is 2.41 bits per heavy atom. The standard InChI is InChI=1S/C20H22N2O5/c1-4-26-20(25)17-11-10-15(21-14(2)23)12-18(17)22(3)19(24)13-27-16-8-6-5-7-9-16/h5-12H,4,13H2,1-3H3,(H,21,23). The van der Waals surface area contributed by atoms with Gasteiger partial charge in [0.05, 0.1) is 17.9 Å². The zero-order chi connectivity index (χ0) is 19.8. The second-order valence-corrected chi connectivity index (χ2v) is 5.69. The number of amides is 2. The molecule has 0 radical (unpaired) electrons. The third-order valence-electron chi connectivity index (χ3n) is 3.65. The van der Waals surface area contributed by atoms with Gasteiger partial charge >= 0.3 is 5.97 Å². The summed E-state index contributed by atoms with van der Waals surface area (Å²) in [7, 11) is 1.53. The number of carbonyl (C=O) groups is 3. The summed E-state index contributed by atoms with van der Waals surface area (Å²) in [6.07, 6.45) is 0. The van der Waals surface area contributed by atoms with Crippen molar-refractivity contribution in [1.29, 1.82) is 0 Å². The van der Waals surface area contributed by atoms with Gasteiger partial charge in [-0.3, -0.25) is 9.59 Å². The molecule has 0 heterocycles. The highest BCUT2D eigenvalue weighted by molar-refractivity contribution is 6.04. The molecule has 0 aliphatic heterocycles. The lowest BCUT2D eigenvalue weighted by Crippen LogP contribution is -2.32. The highest BCUT2D eigenvalue weighted by Crippen LogP contribution is 2.25. The minimum atomic E-state index is -0.550. The fourth-order valence-corrected chi connectivity index (χ4v) is 2.36. The zero-order valence-corrected chi connectivity index (χ0v) is 15.5. The van der Waals surface area contributed by atoms with Crippen molar-refractivity contribution in [3.05, 3.63) is 54.1 Å². The van der Waals surface area contributed by atoms with Gasteiger partial charge < -0.3 is 19.7 Å². The van der Waals surface area contributed by atoms with Gasteiger partial charge in [0.1, 0.15) is 5.75 Å². The minimum Gasteiger partial charge on any atom is -0.484 e. The van der Waals surface area contributed by atoms with Gasteiger partial charge in [0.15, 0.2) is 6.61 Å². The molecule has 7 heteroatoms. The normalized spacial score (nSPS) is 10.0. The van der Waals surface area contributed by atoms with Crippen LogP contribution in [0.2, 0.25) is 0 Å². The number of hydrogen-bond donors (Lipinski definition) is 1. The third-order valence-corrected chi connectivity index (χ3v) is 3.65. The van der Waals surface area contributed by atoms with Crippen LogP contribution in [0, 0.1) is 0 Å². The summed E-state index contributed by atoms with van der Waals surface area (Å²) in [5.41, 5.74) is 1.01. The molecule has 0 fully saturated rings. The predicted octanol–water partition coefficient (Wildman–Crippen LogP) is 2.86. The average molecular weight is 370 g/mol. The maximum atomic E-state index is 12.5. The molecule has 0 unspecified atom stereocenters. The molecule has 2 aromatic carbocycles. The molecule has 7 nitrogen and oxygen atoms in total. The topological polar surface area (TPSA) is 84.9 Å². The summed E-state index contributed by atoms with van der Waals surface area (Å²) < 4.78 is 10.5. The number of para-hydroxylation sites is 1. The van der Waals surface area contributed by atoms with E-state index in [9.17, 15) is 14.4 Å². The molecular weight excluding hydrogens is 348 g/mol. The van der Waals surface area contributed by atoms with Crippen LogP contribution in [0.4, 0.5) is 11.4 Å². The monoisotopic (exact) mass is 370 g/mol. The van der Waals surface area contributed by atoms with Crippen molar-refractivity contribution in [3.63, 3.8) is 0 Å². The van der Waals surface area contributed by atoms with E-state index in [0.717, 1.165) is 0 Å². The van der Waals surface area contributed by atoms with E-state index in [2.05, 4.69) is 5.32 Å². The fraction of sp³-hybridized carbons (Fsp3) is 0.250. The minimum absolute atomic E-state index is 0.201. The Kier molecular flexibility index (Phi) is 6.93. The number of likely N-dealkylation sites (N-methyl/N-ethyl adjacent to an activating group) is 1. The van der Waals surface area contributed by atoms with E-state index in [0.29, 0.717) is 17.1 Å². The maximum Gasteiger partial charge on any atom is 0.340 e. The number of ether oxygens (including phenoxy) is 2. The molecular formula is C20H22N2O5. The van der Waals surface area contributed by atoms with Gasteiger partial charge in [-0.2, -0.15) is 0 Å². The Bertz CT molecular complexity index is 820. The average Bonchev–Trinajstić information content (AvgIpc) is 2.66. The molecule has 0 aliphatic rings. The van der Waals surface area contributed by atoms with Crippen LogP contribution in [0.15, 0.2) is 48.5 Å². The molecule has 2 aromatic rings. The summed E-state index contributed by atoms with van der Waals surface area (Å²) in [5.74, 6) is -0.599. The largest absolute Gasteiger partial charge is 0.484 e. The van der Waals surface area contributed by atoms with E-state index in [1.165, 1.54) is 24.9 Å². The zero-order valence-electron chi connectivity index (χ0n) is 15.5. The summed E-state index contributed by atoms with van der Waals surface area (Å²) in [5, 5.41) is 2.63. The lowest BCUT2D eigenvalue weighted by Gasteiger charge is -2.21. The molecule has 0 spiro atoms. The van der Waals surface area contributed by atoms with Crippen molar-refractivity contribution in [1.82, 2.24) is 0 Å². The summed E-state index contributed by atoms with van der Waals surface area (Å²) in [6.45, 7) is 3.08. The second kappa shape index (κ2) is 9.38. The molecule has 0 aromatic heterocycles. The van der Waals surface area contributed by atoms with Gasteiger partial charge in [0.25, 0.3) is 5.91 Å². The van der Waals surface area contributed by atoms with E-state index in [-0.39, 0.29) is 30.6 Å². The first-order chi connectivity index (χ1) is 12.9. The van der Waals surface area contributed by atoms with Crippen LogP contribution in [-0.2, 0) is 14.3 Å². The van der Waals surface area contributed by atoms with Crippen LogP contribution in [0.5, 0.6) is 5.75 Å². The molecule has 2 amide bonds. The molecule has 142 valence electrons. The highest BCUT2D eigenvalue weighted by atomic mass is 16.5. The molecule has 1 N–H and O–H groups in total. The van der Waals surface area contributed by atoms with Crippen LogP contribution in [0.25, 0.3) is 0 Å². The smallest absolute Gasteiger partial charge is 0.340 e. The van der Waals surface area contributed by atoms with Crippen molar-refractivity contribution in [2.75, 3.05) is 30.5 Å². The first kappa shape index (κ1) is 20.0. The van der Waals surface area contributed by atoms with Gasteiger partial charge in [-0.15, -0.1) is 0 Å². The highest BCUT2D eigenvalue weighted by Gasteiger charge is 2.21. The van der Waals surface area contributed by atoms with Crippen molar-refractivity contribution >= 4 is 29.2 Å². The third kappa shape index (κ3) is 5.57. The molecule has 0 atom stereocenters. The SMILES string of the molecule is CCOC(=O)c1ccc(NC(C)=O)cc1N(C)C(=O)COc1ccccc1. The van der Waals surface area contributed by atoms with Gasteiger partial charge in [-0.05, 0) is 37.3 Å². The van der Waals surface area contributed by atoms with E-state index in [4.69, 9.17) is 9.47 Å². The number of nitrogens with zero attached hydrogens (tertiary/aromatic N) is 1. The lowest BCUT2D eigenvalue weighted by atomic mass is 10.1. The molecule has 0 aliphatic carbocycles. The van der Waals surface area contributed by atoms with Crippen LogP contribution in [-0.4, -0.2) is 38.0 Å². The van der Waals surface area contributed by atoms with E-state index in [1.54, 1.807) is 43.3 Å². The maximum absolute atomic E-state index is 12.5. The lowest BCUT2D eigenvalue weighted by molar-refractivity contribution is -0.120. The molecule has 0 saturated heterocycles. The number of rotatable bonds is 7. The van der Waals surface area contributed by atoms with Crippen LogP contribution >= 0.6 is 0 Å². The quantitative estimate of drug-likeness (QED) is 0.758. The molecule has 0 bridgehead atoms. The molecule has 2 rings (SSSR count). The van der Waals surface area contributed by atoms with Crippen LogP contribution in [0.3, 0.4) is 0 Å². The van der Waals surface area contributed by atoms with Crippen molar-refractivity contribution in [3.8, 4) is 5.75 Å². The van der Waals surface area contributed by atoms with E-state index >= 15 is 0 Å². The van der Waals surface area contributed by atoms with E-state index < -0.39 is 5.97 Å². The molecule has 0 saturated carbocycles. The van der Waals surface area contributed by atoms with Gasteiger partial charge in [-0.25, -0.2) is 4.79 Å². The van der Waals surface area contributed by atoms with Gasteiger partial charge in [0.2, 0.25) is 5.91 Å². The Labute approximate surface area is 157 Å². The van der Waals surface area contributed by atoms with Crippen LogP contribution in [0.1, 0.15) is 24.2 Å². The Morgan fingerprint density at radius 1 is 1.07 bits per heavy atom. The second-order valence-electron chi connectivity index (χ2n) is 5.69. The number of nitrogens with one attached hydrogen (secondary N) is 1. The molecule has 27 heavy (non-hydrogen) atoms. The summed E-state index contributed by atoms with van der Waals surface area (Å²) >= 11 is 0. The number of benzene rings is 2. The Morgan fingerprint density at radius 2 is 1.78 bits per heavy atom. The summed E-state index contributed by atoms with van der Waals surface area (Å²) in [6, 6.07) is 13.6.